The molecule has 0 heterocycles. The van der Waals surface area contributed by atoms with Crippen molar-refractivity contribution in [2.45, 2.75) is 13.5 Å². The fraction of sp³-hybridized carbons (Fsp3) is 0.222. The fourth-order valence-corrected chi connectivity index (χ4v) is 1.26. The van der Waals surface area contributed by atoms with E-state index < -0.39 is 11.5 Å². The molecule has 0 aliphatic heterocycles. The molecule has 0 amide bonds. The van der Waals surface area contributed by atoms with Crippen molar-refractivity contribution in [1.29, 1.82) is 5.26 Å². The van der Waals surface area contributed by atoms with Gasteiger partial charge in [0.15, 0.2) is 0 Å². The van der Waals surface area contributed by atoms with Crippen LogP contribution in [0.25, 0.3) is 0 Å². The minimum Gasteiger partial charge on any atom is -0.391 e. The van der Waals surface area contributed by atoms with Crippen LogP contribution < -0.4 is 0 Å². The topological polar surface area (TPSA) is 87.2 Å². The van der Waals surface area contributed by atoms with E-state index in [9.17, 15) is 10.1 Å². The number of nitrogens with zero attached hydrogens (tertiary/aromatic N) is 2. The van der Waals surface area contributed by atoms with Crippen molar-refractivity contribution in [3.05, 3.63) is 38.9 Å². The van der Waals surface area contributed by atoms with Crippen LogP contribution >= 0.6 is 0 Å². The molecule has 1 rings (SSSR count). The maximum absolute atomic E-state index is 10.7. The number of nitro groups is 1. The largest absolute Gasteiger partial charge is 0.391 e. The zero-order valence-corrected chi connectivity index (χ0v) is 7.52. The van der Waals surface area contributed by atoms with Crippen molar-refractivity contribution in [2.24, 2.45) is 0 Å². The van der Waals surface area contributed by atoms with Crippen molar-refractivity contribution in [2.75, 3.05) is 0 Å². The van der Waals surface area contributed by atoms with Gasteiger partial charge in [0.25, 0.3) is 5.69 Å². The summed E-state index contributed by atoms with van der Waals surface area (Å²) < 4.78 is 0. The number of nitro benzene ring substituents is 1. The van der Waals surface area contributed by atoms with Gasteiger partial charge < -0.3 is 5.11 Å². The molecule has 0 aromatic heterocycles. The Morgan fingerprint density at radius 3 is 2.71 bits per heavy atom. The molecule has 0 unspecified atom stereocenters. The summed E-state index contributed by atoms with van der Waals surface area (Å²) in [5, 5.41) is 28.2. The minimum atomic E-state index is -0.582. The molecular weight excluding hydrogens is 184 g/mol. The average Bonchev–Trinajstić information content (AvgIpc) is 2.16. The van der Waals surface area contributed by atoms with E-state index in [1.54, 1.807) is 0 Å². The Balaban J connectivity index is 3.49. The second-order valence-corrected chi connectivity index (χ2v) is 2.77. The quantitative estimate of drug-likeness (QED) is 0.564. The first-order valence-corrected chi connectivity index (χ1v) is 3.89. The maximum Gasteiger partial charge on any atom is 0.279 e. The first-order valence-electron chi connectivity index (χ1n) is 3.89. The van der Waals surface area contributed by atoms with E-state index in [1.165, 1.54) is 19.1 Å². The molecule has 0 atom stereocenters. The van der Waals surface area contributed by atoms with Crippen molar-refractivity contribution < 1.29 is 10.0 Å². The number of benzene rings is 1. The van der Waals surface area contributed by atoms with Crippen LogP contribution in [0, 0.1) is 28.4 Å². The van der Waals surface area contributed by atoms with Gasteiger partial charge in [-0.3, -0.25) is 10.1 Å². The van der Waals surface area contributed by atoms with Gasteiger partial charge in [-0.1, -0.05) is 0 Å². The van der Waals surface area contributed by atoms with Gasteiger partial charge in [0.2, 0.25) is 0 Å². The van der Waals surface area contributed by atoms with Crippen LogP contribution in [-0.4, -0.2) is 10.0 Å². The highest BCUT2D eigenvalue weighted by molar-refractivity contribution is 5.54. The van der Waals surface area contributed by atoms with Gasteiger partial charge in [0.1, 0.15) is 0 Å². The third kappa shape index (κ3) is 1.56. The lowest BCUT2D eigenvalue weighted by Crippen LogP contribution is -2.00. The van der Waals surface area contributed by atoms with Crippen LogP contribution in [0.1, 0.15) is 16.7 Å². The van der Waals surface area contributed by atoms with Crippen molar-refractivity contribution in [3.8, 4) is 6.07 Å². The van der Waals surface area contributed by atoms with Gasteiger partial charge in [-0.05, 0) is 19.1 Å². The molecule has 5 nitrogen and oxygen atoms in total. The number of aliphatic hydroxyl groups excluding tert-OH is 1. The lowest BCUT2D eigenvalue weighted by Gasteiger charge is -2.03. The average molecular weight is 192 g/mol. The Kier molecular flexibility index (Phi) is 2.79. The Labute approximate surface area is 80.4 Å². The van der Waals surface area contributed by atoms with Crippen LogP contribution in [0.5, 0.6) is 0 Å². The number of aliphatic hydroxyl groups is 1. The van der Waals surface area contributed by atoms with Crippen LogP contribution in [0.3, 0.4) is 0 Å². The molecule has 0 saturated heterocycles. The second kappa shape index (κ2) is 3.85. The molecule has 1 aromatic carbocycles. The zero-order chi connectivity index (χ0) is 10.7. The number of nitriles is 1. The maximum atomic E-state index is 10.7. The van der Waals surface area contributed by atoms with Crippen molar-refractivity contribution in [1.82, 2.24) is 0 Å². The van der Waals surface area contributed by atoms with Gasteiger partial charge >= 0.3 is 0 Å². The highest BCUT2D eigenvalue weighted by Gasteiger charge is 2.19. The summed E-state index contributed by atoms with van der Waals surface area (Å²) in [6, 6.07) is 4.71. The molecule has 0 radical (unpaired) electrons. The highest BCUT2D eigenvalue weighted by Crippen LogP contribution is 2.25. The van der Waals surface area contributed by atoms with Gasteiger partial charge in [0, 0.05) is 5.56 Å². The van der Waals surface area contributed by atoms with E-state index in [0.717, 1.165) is 0 Å². The van der Waals surface area contributed by atoms with Gasteiger partial charge in [0.05, 0.1) is 28.7 Å². The first-order chi connectivity index (χ1) is 6.61. The van der Waals surface area contributed by atoms with Crippen LogP contribution in [-0.2, 0) is 6.61 Å². The monoisotopic (exact) mass is 192 g/mol. The number of hydrogen-bond donors (Lipinski definition) is 1. The summed E-state index contributed by atoms with van der Waals surface area (Å²) in [6.07, 6.45) is 0. The molecule has 0 spiro atoms. The first kappa shape index (κ1) is 10.2. The molecule has 72 valence electrons. The second-order valence-electron chi connectivity index (χ2n) is 2.77. The molecule has 14 heavy (non-hydrogen) atoms. The SMILES string of the molecule is Cc1c(C#N)ccc(CO)c1[N+](=O)[O-]. The molecule has 0 fully saturated rings. The lowest BCUT2D eigenvalue weighted by molar-refractivity contribution is -0.386. The molecule has 0 aliphatic carbocycles. The minimum absolute atomic E-state index is 0.174. The summed E-state index contributed by atoms with van der Waals surface area (Å²) >= 11 is 0. The van der Waals surface area contributed by atoms with E-state index >= 15 is 0 Å². The lowest BCUT2D eigenvalue weighted by atomic mass is 10.0. The third-order valence-corrected chi connectivity index (χ3v) is 1.99. The molecule has 5 heteroatoms. The Morgan fingerprint density at radius 2 is 2.29 bits per heavy atom. The molecular formula is C9H8N2O3. The van der Waals surface area contributed by atoms with Crippen LogP contribution in [0.15, 0.2) is 12.1 Å². The molecule has 0 saturated carbocycles. The summed E-state index contributed by atoms with van der Waals surface area (Å²) in [5.74, 6) is 0. The van der Waals surface area contributed by atoms with Gasteiger partial charge in [-0.25, -0.2) is 0 Å². The Morgan fingerprint density at radius 1 is 1.64 bits per heavy atom. The highest BCUT2D eigenvalue weighted by atomic mass is 16.6. The van der Waals surface area contributed by atoms with Gasteiger partial charge in [-0.2, -0.15) is 5.26 Å². The van der Waals surface area contributed by atoms with E-state index in [2.05, 4.69) is 0 Å². The summed E-state index contributed by atoms with van der Waals surface area (Å²) in [7, 11) is 0. The number of rotatable bonds is 2. The van der Waals surface area contributed by atoms with Crippen molar-refractivity contribution in [3.63, 3.8) is 0 Å². The van der Waals surface area contributed by atoms with Crippen LogP contribution in [0.4, 0.5) is 5.69 Å². The molecule has 1 aromatic rings. The van der Waals surface area contributed by atoms with E-state index in [0.29, 0.717) is 5.56 Å². The van der Waals surface area contributed by atoms with Gasteiger partial charge in [-0.15, -0.1) is 0 Å². The fourth-order valence-electron chi connectivity index (χ4n) is 1.26. The Bertz CT molecular complexity index is 421. The zero-order valence-electron chi connectivity index (χ0n) is 7.52. The normalized spacial score (nSPS) is 9.50. The molecule has 0 bridgehead atoms. The summed E-state index contributed by atoms with van der Waals surface area (Å²) in [6.45, 7) is 1.10. The van der Waals surface area contributed by atoms with E-state index in [1.807, 2.05) is 6.07 Å². The number of hydrogen-bond acceptors (Lipinski definition) is 4. The van der Waals surface area contributed by atoms with E-state index in [4.69, 9.17) is 10.4 Å². The standard InChI is InChI=1S/C9H8N2O3/c1-6-7(4-10)2-3-8(5-12)9(6)11(13)14/h2-3,12H,5H2,1H3. The van der Waals surface area contributed by atoms with Crippen molar-refractivity contribution >= 4 is 5.69 Å². The predicted octanol–water partition coefficient (Wildman–Crippen LogP) is 1.27. The van der Waals surface area contributed by atoms with E-state index in [-0.39, 0.29) is 16.8 Å². The molecule has 1 N–H and O–H groups in total. The summed E-state index contributed by atoms with van der Waals surface area (Å²) in [4.78, 5) is 10.1. The summed E-state index contributed by atoms with van der Waals surface area (Å²) in [5.41, 5.74) is 0.607. The molecule has 0 aliphatic rings. The third-order valence-electron chi connectivity index (χ3n) is 1.99. The smallest absolute Gasteiger partial charge is 0.279 e. The van der Waals surface area contributed by atoms with Crippen LogP contribution in [0.2, 0.25) is 0 Å². The Hall–Kier alpha value is -1.93. The predicted molar refractivity (Wildman–Crippen MR) is 48.5 cm³/mol.